The highest BCUT2D eigenvalue weighted by Crippen LogP contribution is 2.37. The van der Waals surface area contributed by atoms with Gasteiger partial charge >= 0.3 is 0 Å². The zero-order valence-corrected chi connectivity index (χ0v) is 20.1. The first-order chi connectivity index (χ1) is 17.8. The van der Waals surface area contributed by atoms with Crippen LogP contribution in [-0.4, -0.2) is 33.7 Å². The van der Waals surface area contributed by atoms with Gasteiger partial charge in [-0.2, -0.15) is 0 Å². The van der Waals surface area contributed by atoms with Gasteiger partial charge in [0.1, 0.15) is 11.4 Å². The first-order valence-corrected chi connectivity index (χ1v) is 12.1. The van der Waals surface area contributed by atoms with Gasteiger partial charge in [-0.3, -0.25) is 19.6 Å². The lowest BCUT2D eigenvalue weighted by molar-refractivity contribution is 0.0595. The van der Waals surface area contributed by atoms with Gasteiger partial charge in [0.2, 0.25) is 0 Å². The molecule has 1 amide bonds. The number of benzene rings is 2. The van der Waals surface area contributed by atoms with Gasteiger partial charge in [-0.25, -0.2) is 0 Å². The Morgan fingerprint density at radius 2 is 1.81 bits per heavy atom. The average molecular weight is 499 g/mol. The Kier molecular flexibility index (Phi) is 5.47. The summed E-state index contributed by atoms with van der Waals surface area (Å²) in [6, 6.07) is 17.4. The van der Waals surface area contributed by atoms with Crippen LogP contribution in [0.1, 0.15) is 34.0 Å². The molecule has 9 nitrogen and oxygen atoms in total. The van der Waals surface area contributed by atoms with Crippen LogP contribution in [0.25, 0.3) is 22.3 Å². The molecule has 0 spiro atoms. The first kappa shape index (κ1) is 23.2. The number of amides is 1. The van der Waals surface area contributed by atoms with Gasteiger partial charge in [0, 0.05) is 42.4 Å². The number of nitrogens with zero attached hydrogens (tertiary/aromatic N) is 3. The molecule has 4 heterocycles. The normalized spacial score (nSPS) is 18.5. The monoisotopic (exact) mass is 498 g/mol. The van der Waals surface area contributed by atoms with Crippen LogP contribution in [0.3, 0.4) is 0 Å². The second-order valence-electron chi connectivity index (χ2n) is 9.77. The number of piperidine rings is 1. The molecule has 1 N–H and O–H groups in total. The number of aromatic nitrogens is 1. The van der Waals surface area contributed by atoms with Crippen LogP contribution in [0.5, 0.6) is 0 Å². The second-order valence-corrected chi connectivity index (χ2v) is 9.77. The second kappa shape index (κ2) is 8.72. The molecule has 0 aliphatic carbocycles. The van der Waals surface area contributed by atoms with Crippen molar-refractivity contribution in [2.75, 3.05) is 18.3 Å². The van der Waals surface area contributed by atoms with Crippen molar-refractivity contribution < 1.29 is 14.4 Å². The summed E-state index contributed by atoms with van der Waals surface area (Å²) < 4.78 is 7.78. The predicted octanol–water partition coefficient (Wildman–Crippen LogP) is 3.88. The number of hydrogen-bond donors (Lipinski definition) is 1. The summed E-state index contributed by atoms with van der Waals surface area (Å²) in [6.45, 7) is 2.87. The van der Waals surface area contributed by atoms with E-state index >= 15 is 0 Å². The fourth-order valence-electron chi connectivity index (χ4n) is 5.76. The number of carbonyl (C=O) groups excluding carboxylic acids is 1. The molecule has 1 fully saturated rings. The third kappa shape index (κ3) is 3.75. The summed E-state index contributed by atoms with van der Waals surface area (Å²) >= 11 is 0. The van der Waals surface area contributed by atoms with Crippen molar-refractivity contribution in [1.29, 1.82) is 0 Å². The minimum atomic E-state index is -0.538. The van der Waals surface area contributed by atoms with E-state index in [0.717, 1.165) is 17.7 Å². The summed E-state index contributed by atoms with van der Waals surface area (Å²) in [5, 5.41) is 20.5. The standard InChI is InChI=1S/C28H24N3O6/c1-16-24(32)20-8-5-9-21(26(20)37-25(16)18-6-3-2-4-7-18)27(33)29-13-17-12-19(15-29)22-10-11-23(31(35)36)28(34)30(22)14-17/h2-11,17,19,35H,12-15H2,1H3/q-1/t17-,19+/m1/s1. The number of para-hydroxylation sites is 1. The van der Waals surface area contributed by atoms with Gasteiger partial charge in [0.25, 0.3) is 11.5 Å². The molecule has 2 aliphatic heterocycles. The highest BCUT2D eigenvalue weighted by Gasteiger charge is 2.37. The zero-order chi connectivity index (χ0) is 25.8. The molecule has 0 radical (unpaired) electrons. The molecule has 0 saturated carbocycles. The number of fused-ring (bicyclic) bond motifs is 5. The number of likely N-dealkylation sites (tertiary alicyclic amines) is 1. The smallest absolute Gasteiger partial charge is 0.275 e. The highest BCUT2D eigenvalue weighted by atomic mass is 16.8. The zero-order valence-electron chi connectivity index (χ0n) is 20.1. The number of rotatable bonds is 3. The maximum absolute atomic E-state index is 13.8. The summed E-state index contributed by atoms with van der Waals surface area (Å²) in [7, 11) is 0. The van der Waals surface area contributed by atoms with Crippen molar-refractivity contribution in [3.05, 3.63) is 103 Å². The molecule has 6 rings (SSSR count). The Morgan fingerprint density at radius 1 is 1.03 bits per heavy atom. The maximum atomic E-state index is 13.8. The van der Waals surface area contributed by atoms with Crippen molar-refractivity contribution in [2.45, 2.75) is 25.8 Å². The molecule has 37 heavy (non-hydrogen) atoms. The molecule has 2 aliphatic rings. The highest BCUT2D eigenvalue weighted by molar-refractivity contribution is 6.05. The lowest BCUT2D eigenvalue weighted by atomic mass is 9.83. The van der Waals surface area contributed by atoms with Gasteiger partial charge < -0.3 is 24.3 Å². The topological polar surface area (TPSA) is 119 Å². The molecule has 1 saturated heterocycles. The van der Waals surface area contributed by atoms with E-state index in [4.69, 9.17) is 4.42 Å². The lowest BCUT2D eigenvalue weighted by Gasteiger charge is -2.43. The molecule has 2 bridgehead atoms. The van der Waals surface area contributed by atoms with E-state index in [2.05, 4.69) is 0 Å². The van der Waals surface area contributed by atoms with Crippen molar-refractivity contribution in [2.24, 2.45) is 5.92 Å². The van der Waals surface area contributed by atoms with Crippen LogP contribution in [0.4, 0.5) is 5.69 Å². The van der Waals surface area contributed by atoms with Crippen LogP contribution in [-0.2, 0) is 6.54 Å². The summed E-state index contributed by atoms with van der Waals surface area (Å²) in [5.74, 6) is 0.112. The van der Waals surface area contributed by atoms with Crippen LogP contribution < -0.4 is 16.2 Å². The Hall–Kier alpha value is -4.21. The molecule has 4 aromatic rings. The lowest BCUT2D eigenvalue weighted by Crippen LogP contribution is -2.49. The number of carbonyl (C=O) groups is 1. The Balaban J connectivity index is 1.39. The SMILES string of the molecule is Cc1c(-c2ccccc2)oc2c(C(=O)N3C[C@H]4C[C@@H](C3)c3ccc(N([O-])O)c(=O)n3C4)cccc2c1=O. The fourth-order valence-corrected chi connectivity index (χ4v) is 5.76. The van der Waals surface area contributed by atoms with E-state index in [9.17, 15) is 24.8 Å². The summed E-state index contributed by atoms with van der Waals surface area (Å²) in [4.78, 5) is 41.5. The minimum absolute atomic E-state index is 0.00561. The van der Waals surface area contributed by atoms with E-state index in [1.807, 2.05) is 30.3 Å². The van der Waals surface area contributed by atoms with Crippen LogP contribution in [0, 0.1) is 18.0 Å². The quantitative estimate of drug-likeness (QED) is 0.426. The average Bonchev–Trinajstić information content (AvgIpc) is 2.90. The molecule has 2 aromatic carbocycles. The Labute approximate surface area is 211 Å². The molecule has 188 valence electrons. The summed E-state index contributed by atoms with van der Waals surface area (Å²) in [5.41, 5.74) is 1.52. The molecule has 9 heteroatoms. The van der Waals surface area contributed by atoms with Gasteiger partial charge in [0.15, 0.2) is 11.0 Å². The van der Waals surface area contributed by atoms with Gasteiger partial charge in [-0.1, -0.05) is 36.4 Å². The predicted molar refractivity (Wildman–Crippen MR) is 138 cm³/mol. The van der Waals surface area contributed by atoms with Crippen LogP contribution >= 0.6 is 0 Å². The van der Waals surface area contributed by atoms with Gasteiger partial charge in [-0.15, -0.1) is 0 Å². The molecule has 2 atom stereocenters. The van der Waals surface area contributed by atoms with Crippen LogP contribution in [0.2, 0.25) is 0 Å². The van der Waals surface area contributed by atoms with Crippen molar-refractivity contribution in [3.63, 3.8) is 0 Å². The Morgan fingerprint density at radius 3 is 2.57 bits per heavy atom. The largest absolute Gasteiger partial charge is 0.733 e. The Bertz CT molecular complexity index is 1660. The minimum Gasteiger partial charge on any atom is -0.733 e. The van der Waals surface area contributed by atoms with E-state index in [1.165, 1.54) is 10.6 Å². The summed E-state index contributed by atoms with van der Waals surface area (Å²) in [6.07, 6.45) is 0.810. The fraction of sp³-hybridized carbons (Fsp3) is 0.250. The van der Waals surface area contributed by atoms with Gasteiger partial charge in [0.05, 0.1) is 10.9 Å². The first-order valence-electron chi connectivity index (χ1n) is 12.1. The van der Waals surface area contributed by atoms with Gasteiger partial charge in [-0.05, 0) is 43.5 Å². The number of anilines is 1. The molecular weight excluding hydrogens is 474 g/mol. The van der Waals surface area contributed by atoms with Crippen molar-refractivity contribution in [3.8, 4) is 11.3 Å². The third-order valence-electron chi connectivity index (χ3n) is 7.49. The van der Waals surface area contributed by atoms with Crippen molar-refractivity contribution >= 4 is 22.6 Å². The number of pyridine rings is 1. The van der Waals surface area contributed by atoms with E-state index in [0.29, 0.717) is 41.9 Å². The molecule has 2 aromatic heterocycles. The molecule has 0 unspecified atom stereocenters. The maximum Gasteiger partial charge on any atom is 0.275 e. The van der Waals surface area contributed by atoms with E-state index in [1.54, 1.807) is 36.1 Å². The third-order valence-corrected chi connectivity index (χ3v) is 7.49. The van der Waals surface area contributed by atoms with Crippen LogP contribution in [0.15, 0.2) is 74.7 Å². The van der Waals surface area contributed by atoms with E-state index in [-0.39, 0.29) is 34.4 Å². The number of hydrogen-bond acceptors (Lipinski definition) is 7. The molecular formula is C28H24N3O6-. The van der Waals surface area contributed by atoms with Crippen molar-refractivity contribution in [1.82, 2.24) is 9.47 Å². The van der Waals surface area contributed by atoms with E-state index < -0.39 is 10.8 Å².